The van der Waals surface area contributed by atoms with E-state index >= 15 is 4.39 Å². The third-order valence-electron chi connectivity index (χ3n) is 8.88. The van der Waals surface area contributed by atoms with Crippen LogP contribution in [-0.2, 0) is 20.7 Å². The lowest BCUT2D eigenvalue weighted by molar-refractivity contribution is -0.163. The van der Waals surface area contributed by atoms with Crippen molar-refractivity contribution >= 4 is 11.9 Å². The second kappa shape index (κ2) is 13.0. The highest BCUT2D eigenvalue weighted by molar-refractivity contribution is 5.81. The van der Waals surface area contributed by atoms with Gasteiger partial charge in [-0.1, -0.05) is 18.2 Å². The van der Waals surface area contributed by atoms with Gasteiger partial charge in [-0.15, -0.1) is 0 Å². The molecule has 0 N–H and O–H groups in total. The minimum atomic E-state index is -1.56. The van der Waals surface area contributed by atoms with Crippen LogP contribution in [0.4, 0.5) is 22.0 Å². The average Bonchev–Trinajstić information content (AvgIpc) is 3.39. The van der Waals surface area contributed by atoms with Crippen LogP contribution < -0.4 is 0 Å². The maximum absolute atomic E-state index is 15.0. The third-order valence-corrected chi connectivity index (χ3v) is 8.88. The molecule has 0 aliphatic carbocycles. The summed E-state index contributed by atoms with van der Waals surface area (Å²) in [4.78, 5) is 33.1. The normalized spacial score (nSPS) is 22.5. The number of carbonyl (C=O) groups is 2. The van der Waals surface area contributed by atoms with Crippen molar-refractivity contribution in [1.82, 2.24) is 14.7 Å². The maximum Gasteiger partial charge on any atom is 0.324 e. The van der Waals surface area contributed by atoms with E-state index in [2.05, 4.69) is 0 Å². The molecule has 1 amide bonds. The minimum absolute atomic E-state index is 0.0392. The summed E-state index contributed by atoms with van der Waals surface area (Å²) in [5.74, 6) is -8.36. The summed E-state index contributed by atoms with van der Waals surface area (Å²) in [6.07, 6.45) is -0.126. The third kappa shape index (κ3) is 7.51. The standard InChI is InChI=1S/C34H44F5N3O3/c1-19-9-10-21(28(37)27(19)36)15-26(32(44)45-34(6,7)8)40-13-14-42(20(2)16-40)31(43)24-18-41(33(3,4)5)17-23(24)22-11-12-25(35)30(39)29(22)38/h9-12,20,23-24,26H,13-18H2,1-8H3/t20-,23-,24+,26-/m0/s1. The molecule has 11 heteroatoms. The van der Waals surface area contributed by atoms with Crippen LogP contribution in [0.25, 0.3) is 0 Å². The van der Waals surface area contributed by atoms with Crippen LogP contribution in [0, 0.1) is 41.9 Å². The Kier molecular flexibility index (Phi) is 10.0. The van der Waals surface area contributed by atoms with Gasteiger partial charge in [-0.2, -0.15) is 0 Å². The summed E-state index contributed by atoms with van der Waals surface area (Å²) < 4.78 is 78.1. The molecule has 2 aromatic carbocycles. The van der Waals surface area contributed by atoms with E-state index in [1.165, 1.54) is 25.1 Å². The Morgan fingerprint density at radius 3 is 2.13 bits per heavy atom. The molecule has 0 saturated carbocycles. The van der Waals surface area contributed by atoms with Gasteiger partial charge in [-0.3, -0.25) is 19.4 Å². The van der Waals surface area contributed by atoms with Gasteiger partial charge < -0.3 is 9.64 Å². The first-order valence-electron chi connectivity index (χ1n) is 15.4. The molecule has 248 valence electrons. The predicted octanol–water partition coefficient (Wildman–Crippen LogP) is 5.99. The van der Waals surface area contributed by atoms with Gasteiger partial charge in [-0.05, 0) is 78.1 Å². The highest BCUT2D eigenvalue weighted by Gasteiger charge is 2.46. The lowest BCUT2D eigenvalue weighted by atomic mass is 9.87. The summed E-state index contributed by atoms with van der Waals surface area (Å²) in [6, 6.07) is 3.68. The number of piperazine rings is 1. The zero-order valence-corrected chi connectivity index (χ0v) is 27.3. The molecule has 6 nitrogen and oxygen atoms in total. The highest BCUT2D eigenvalue weighted by Crippen LogP contribution is 2.39. The number of amides is 1. The molecular weight excluding hydrogens is 593 g/mol. The number of esters is 1. The van der Waals surface area contributed by atoms with Gasteiger partial charge >= 0.3 is 5.97 Å². The van der Waals surface area contributed by atoms with Gasteiger partial charge in [0.2, 0.25) is 5.91 Å². The molecule has 0 bridgehead atoms. The Labute approximate surface area is 262 Å². The fourth-order valence-electron chi connectivity index (χ4n) is 6.34. The monoisotopic (exact) mass is 637 g/mol. The topological polar surface area (TPSA) is 53.1 Å². The van der Waals surface area contributed by atoms with E-state index in [1.807, 2.05) is 37.5 Å². The maximum atomic E-state index is 15.0. The van der Waals surface area contributed by atoms with E-state index < -0.39 is 64.6 Å². The molecule has 4 atom stereocenters. The second-order valence-corrected chi connectivity index (χ2v) is 14.4. The molecule has 45 heavy (non-hydrogen) atoms. The van der Waals surface area contributed by atoms with Gasteiger partial charge in [0.1, 0.15) is 11.6 Å². The van der Waals surface area contributed by atoms with E-state index in [-0.39, 0.29) is 60.7 Å². The van der Waals surface area contributed by atoms with Gasteiger partial charge in [0.25, 0.3) is 0 Å². The van der Waals surface area contributed by atoms with Crippen molar-refractivity contribution in [3.8, 4) is 0 Å². The Balaban J connectivity index is 1.59. The van der Waals surface area contributed by atoms with Gasteiger partial charge in [0.15, 0.2) is 29.1 Å². The van der Waals surface area contributed by atoms with Gasteiger partial charge in [-0.25, -0.2) is 22.0 Å². The number of nitrogens with zero attached hydrogens (tertiary/aromatic N) is 3. The van der Waals surface area contributed by atoms with Gasteiger partial charge in [0, 0.05) is 56.6 Å². The molecule has 2 aliphatic rings. The molecule has 2 aromatic rings. The number of rotatable bonds is 6. The molecular formula is C34H44F5N3O3. The molecule has 0 unspecified atom stereocenters. The minimum Gasteiger partial charge on any atom is -0.459 e. The summed E-state index contributed by atoms with van der Waals surface area (Å²) >= 11 is 0. The van der Waals surface area contributed by atoms with Crippen LogP contribution in [0.2, 0.25) is 0 Å². The average molecular weight is 638 g/mol. The van der Waals surface area contributed by atoms with Crippen LogP contribution in [0.1, 0.15) is 71.1 Å². The molecule has 0 spiro atoms. The summed E-state index contributed by atoms with van der Waals surface area (Å²) in [7, 11) is 0. The van der Waals surface area contributed by atoms with Gasteiger partial charge in [0.05, 0.1) is 5.92 Å². The Morgan fingerprint density at radius 2 is 1.53 bits per heavy atom. The highest BCUT2D eigenvalue weighted by atomic mass is 19.2. The van der Waals surface area contributed by atoms with Crippen molar-refractivity contribution < 1.29 is 36.3 Å². The van der Waals surface area contributed by atoms with Crippen LogP contribution >= 0.6 is 0 Å². The zero-order valence-electron chi connectivity index (χ0n) is 27.3. The van der Waals surface area contributed by atoms with E-state index in [1.54, 1.807) is 25.7 Å². The smallest absolute Gasteiger partial charge is 0.324 e. The molecule has 2 heterocycles. The number of hydrogen-bond donors (Lipinski definition) is 0. The summed E-state index contributed by atoms with van der Waals surface area (Å²) in [5.41, 5.74) is -1.02. The number of likely N-dealkylation sites (tertiary alicyclic amines) is 1. The molecule has 2 aliphatic heterocycles. The van der Waals surface area contributed by atoms with Crippen LogP contribution in [0.15, 0.2) is 24.3 Å². The van der Waals surface area contributed by atoms with Crippen LogP contribution in [0.5, 0.6) is 0 Å². The quantitative estimate of drug-likeness (QED) is 0.221. The van der Waals surface area contributed by atoms with E-state index in [0.717, 1.165) is 6.07 Å². The Hall–Kier alpha value is -3.05. The van der Waals surface area contributed by atoms with Crippen molar-refractivity contribution in [2.24, 2.45) is 5.92 Å². The Morgan fingerprint density at radius 1 is 0.867 bits per heavy atom. The van der Waals surface area contributed by atoms with Crippen molar-refractivity contribution in [2.45, 2.75) is 91.0 Å². The summed E-state index contributed by atoms with van der Waals surface area (Å²) in [6.45, 7) is 15.7. The largest absolute Gasteiger partial charge is 0.459 e. The SMILES string of the molecule is Cc1ccc(C[C@@H](C(=O)OC(C)(C)C)N2CCN(C(=O)[C@@H]3CN(C(C)(C)C)C[C@H]3c3ccc(F)c(F)c3F)[C@@H](C)C2)c(F)c1F. The first-order chi connectivity index (χ1) is 20.8. The van der Waals surface area contributed by atoms with Crippen molar-refractivity contribution in [3.63, 3.8) is 0 Å². The molecule has 0 aromatic heterocycles. The fraction of sp³-hybridized carbons (Fsp3) is 0.588. The number of hydrogen-bond acceptors (Lipinski definition) is 5. The molecule has 2 fully saturated rings. The number of carbonyl (C=O) groups excluding carboxylic acids is 2. The number of benzene rings is 2. The number of halogens is 5. The van der Waals surface area contributed by atoms with E-state index in [9.17, 15) is 27.2 Å². The Bertz CT molecular complexity index is 1440. The lowest BCUT2D eigenvalue weighted by Crippen LogP contribution is -2.60. The number of aryl methyl sites for hydroxylation is 1. The van der Waals surface area contributed by atoms with Crippen LogP contribution in [0.3, 0.4) is 0 Å². The first-order valence-corrected chi connectivity index (χ1v) is 15.4. The number of ether oxygens (including phenoxy) is 1. The van der Waals surface area contributed by atoms with E-state index in [4.69, 9.17) is 4.74 Å². The summed E-state index contributed by atoms with van der Waals surface area (Å²) in [5, 5.41) is 0. The van der Waals surface area contributed by atoms with Crippen LogP contribution in [-0.4, -0.2) is 82.5 Å². The van der Waals surface area contributed by atoms with Crippen molar-refractivity contribution in [1.29, 1.82) is 0 Å². The lowest BCUT2D eigenvalue weighted by Gasteiger charge is -2.44. The fourth-order valence-corrected chi connectivity index (χ4v) is 6.34. The van der Waals surface area contributed by atoms with Crippen molar-refractivity contribution in [2.75, 3.05) is 32.7 Å². The molecule has 0 radical (unpaired) electrons. The second-order valence-electron chi connectivity index (χ2n) is 14.4. The molecule has 4 rings (SSSR count). The van der Waals surface area contributed by atoms with Crippen molar-refractivity contribution in [3.05, 3.63) is 70.0 Å². The predicted molar refractivity (Wildman–Crippen MR) is 161 cm³/mol. The first kappa shape index (κ1) is 34.8. The van der Waals surface area contributed by atoms with E-state index in [0.29, 0.717) is 6.54 Å². The zero-order chi connectivity index (χ0) is 33.6. The molecule has 2 saturated heterocycles.